The lowest BCUT2D eigenvalue weighted by Gasteiger charge is -2.16. The molecule has 0 aliphatic heterocycles. The number of rotatable bonds is 4. The summed E-state index contributed by atoms with van der Waals surface area (Å²) in [5.74, 6) is 0.293. The lowest BCUT2D eigenvalue weighted by molar-refractivity contribution is 0.197. The Bertz CT molecular complexity index is 340. The van der Waals surface area contributed by atoms with Crippen LogP contribution in [0.1, 0.15) is 0 Å². The van der Waals surface area contributed by atoms with Crippen LogP contribution in [0.2, 0.25) is 0 Å². The molecule has 0 fully saturated rings. The third kappa shape index (κ3) is 3.76. The average Bonchev–Trinajstić information content (AvgIpc) is 2.30. The van der Waals surface area contributed by atoms with Crippen LogP contribution in [0.15, 0.2) is 24.3 Å². The molecule has 1 rings (SSSR count). The van der Waals surface area contributed by atoms with Crippen LogP contribution < -0.4 is 10.1 Å². The van der Waals surface area contributed by atoms with Crippen molar-refractivity contribution in [3.8, 4) is 5.75 Å². The largest absolute Gasteiger partial charge is 0.492 e. The Morgan fingerprint density at radius 1 is 1.44 bits per heavy atom. The van der Waals surface area contributed by atoms with E-state index in [1.165, 1.54) is 17.0 Å². The highest BCUT2D eigenvalue weighted by atomic mass is 19.1. The van der Waals surface area contributed by atoms with E-state index in [1.54, 1.807) is 26.2 Å². The van der Waals surface area contributed by atoms with Gasteiger partial charge in [0.05, 0.1) is 6.54 Å². The van der Waals surface area contributed by atoms with Gasteiger partial charge in [0, 0.05) is 14.1 Å². The van der Waals surface area contributed by atoms with Gasteiger partial charge in [-0.2, -0.15) is 0 Å². The van der Waals surface area contributed by atoms with E-state index >= 15 is 0 Å². The maximum absolute atomic E-state index is 12.6. The molecule has 5 heteroatoms. The van der Waals surface area contributed by atoms with Gasteiger partial charge in [-0.05, 0) is 24.3 Å². The van der Waals surface area contributed by atoms with Gasteiger partial charge in [0.2, 0.25) is 0 Å². The fourth-order valence-electron chi connectivity index (χ4n) is 1.12. The van der Waals surface area contributed by atoms with Gasteiger partial charge in [-0.1, -0.05) is 0 Å². The molecule has 88 valence electrons. The number of hydrogen-bond acceptors (Lipinski definition) is 2. The second kappa shape index (κ2) is 5.95. The average molecular weight is 226 g/mol. The van der Waals surface area contributed by atoms with E-state index < -0.39 is 0 Å². The smallest absolute Gasteiger partial charge is 0.316 e. The molecule has 0 spiro atoms. The van der Waals surface area contributed by atoms with Crippen molar-refractivity contribution in [1.29, 1.82) is 0 Å². The summed E-state index contributed by atoms with van der Waals surface area (Å²) in [7, 11) is 3.24. The van der Waals surface area contributed by atoms with Crippen LogP contribution in [-0.2, 0) is 0 Å². The summed E-state index contributed by atoms with van der Waals surface area (Å²) in [6, 6.07) is 5.60. The van der Waals surface area contributed by atoms with E-state index in [4.69, 9.17) is 4.74 Å². The first kappa shape index (κ1) is 12.3. The molecule has 1 aromatic carbocycles. The molecule has 0 saturated carbocycles. The topological polar surface area (TPSA) is 41.6 Å². The molecule has 0 aliphatic carbocycles. The van der Waals surface area contributed by atoms with Crippen LogP contribution in [0.5, 0.6) is 5.75 Å². The van der Waals surface area contributed by atoms with Gasteiger partial charge < -0.3 is 15.0 Å². The van der Waals surface area contributed by atoms with Gasteiger partial charge in [-0.25, -0.2) is 9.18 Å². The minimum atomic E-state index is -0.296. The van der Waals surface area contributed by atoms with Crippen LogP contribution in [0.25, 0.3) is 0 Å². The predicted molar refractivity (Wildman–Crippen MR) is 59.0 cm³/mol. The van der Waals surface area contributed by atoms with Crippen molar-refractivity contribution >= 4 is 6.03 Å². The highest BCUT2D eigenvalue weighted by Crippen LogP contribution is 2.10. The summed E-state index contributed by atoms with van der Waals surface area (Å²) in [6.45, 7) is 0.840. The predicted octanol–water partition coefficient (Wildman–Crippen LogP) is 1.48. The number of ether oxygens (including phenoxy) is 1. The molecule has 0 atom stereocenters. The molecular weight excluding hydrogens is 211 g/mol. The highest BCUT2D eigenvalue weighted by Gasteiger charge is 2.04. The normalized spacial score (nSPS) is 9.69. The zero-order valence-electron chi connectivity index (χ0n) is 9.37. The van der Waals surface area contributed by atoms with Gasteiger partial charge in [-0.3, -0.25) is 0 Å². The number of hydrogen-bond donors (Lipinski definition) is 1. The van der Waals surface area contributed by atoms with Crippen molar-refractivity contribution in [2.24, 2.45) is 0 Å². The molecular formula is C11H15FN2O2. The van der Waals surface area contributed by atoms with E-state index in [9.17, 15) is 9.18 Å². The second-order valence-electron chi connectivity index (χ2n) is 3.28. The maximum Gasteiger partial charge on any atom is 0.316 e. The van der Waals surface area contributed by atoms with E-state index in [-0.39, 0.29) is 11.8 Å². The number of likely N-dealkylation sites (N-methyl/N-ethyl adjacent to an activating group) is 1. The van der Waals surface area contributed by atoms with Gasteiger partial charge in [0.15, 0.2) is 0 Å². The Morgan fingerprint density at radius 2 is 2.06 bits per heavy atom. The van der Waals surface area contributed by atoms with E-state index in [2.05, 4.69) is 5.32 Å². The molecule has 1 aromatic rings. The molecule has 0 bridgehead atoms. The number of nitrogens with zero attached hydrogens (tertiary/aromatic N) is 1. The van der Waals surface area contributed by atoms with Gasteiger partial charge in [0.1, 0.15) is 18.2 Å². The lowest BCUT2D eigenvalue weighted by atomic mass is 10.3. The van der Waals surface area contributed by atoms with Crippen molar-refractivity contribution in [2.45, 2.75) is 0 Å². The number of halogens is 1. The Kier molecular flexibility index (Phi) is 4.57. The van der Waals surface area contributed by atoms with E-state index in [0.717, 1.165) is 0 Å². The molecule has 0 unspecified atom stereocenters. The van der Waals surface area contributed by atoms with E-state index in [1.807, 2.05) is 0 Å². The summed E-state index contributed by atoms with van der Waals surface area (Å²) in [6.07, 6.45) is 0. The van der Waals surface area contributed by atoms with Crippen LogP contribution in [0.4, 0.5) is 9.18 Å². The number of benzene rings is 1. The third-order valence-corrected chi connectivity index (χ3v) is 2.07. The van der Waals surface area contributed by atoms with Crippen molar-refractivity contribution in [3.05, 3.63) is 30.1 Å². The summed E-state index contributed by atoms with van der Waals surface area (Å²) in [5.41, 5.74) is 0. The molecule has 0 aromatic heterocycles. The molecule has 1 N–H and O–H groups in total. The number of carbonyl (C=O) groups excluding carboxylic acids is 1. The molecule has 0 saturated heterocycles. The fraction of sp³-hybridized carbons (Fsp3) is 0.364. The van der Waals surface area contributed by atoms with Crippen LogP contribution >= 0.6 is 0 Å². The minimum absolute atomic E-state index is 0.164. The lowest BCUT2D eigenvalue weighted by Crippen LogP contribution is -2.37. The third-order valence-electron chi connectivity index (χ3n) is 2.07. The number of carbonyl (C=O) groups is 1. The quantitative estimate of drug-likeness (QED) is 0.844. The SMILES string of the molecule is CNC(=O)N(C)CCOc1ccc(F)cc1. The monoisotopic (exact) mass is 226 g/mol. The van der Waals surface area contributed by atoms with Crippen molar-refractivity contribution in [2.75, 3.05) is 27.2 Å². The van der Waals surface area contributed by atoms with Crippen LogP contribution in [0.3, 0.4) is 0 Å². The first-order chi connectivity index (χ1) is 7.63. The molecule has 0 aliphatic rings. The Morgan fingerprint density at radius 3 is 2.62 bits per heavy atom. The van der Waals surface area contributed by atoms with Gasteiger partial charge in [0.25, 0.3) is 0 Å². The van der Waals surface area contributed by atoms with Crippen LogP contribution in [-0.4, -0.2) is 38.2 Å². The van der Waals surface area contributed by atoms with Crippen molar-refractivity contribution < 1.29 is 13.9 Å². The number of nitrogens with one attached hydrogen (secondary N) is 1. The number of amides is 2. The Balaban J connectivity index is 2.30. The standard InChI is InChI=1S/C11H15FN2O2/c1-13-11(15)14(2)7-8-16-10-5-3-9(12)4-6-10/h3-6H,7-8H2,1-2H3,(H,13,15). The molecule has 16 heavy (non-hydrogen) atoms. The summed E-state index contributed by atoms with van der Waals surface area (Å²) >= 11 is 0. The summed E-state index contributed by atoms with van der Waals surface area (Å²) in [5, 5.41) is 2.50. The van der Waals surface area contributed by atoms with E-state index in [0.29, 0.717) is 18.9 Å². The molecule has 4 nitrogen and oxygen atoms in total. The van der Waals surface area contributed by atoms with Gasteiger partial charge in [-0.15, -0.1) is 0 Å². The first-order valence-electron chi connectivity index (χ1n) is 4.94. The first-order valence-corrected chi connectivity index (χ1v) is 4.94. The highest BCUT2D eigenvalue weighted by molar-refractivity contribution is 5.73. The summed E-state index contributed by atoms with van der Waals surface area (Å²) < 4.78 is 17.9. The Hall–Kier alpha value is -1.78. The zero-order valence-corrected chi connectivity index (χ0v) is 9.37. The van der Waals surface area contributed by atoms with Crippen LogP contribution in [0, 0.1) is 5.82 Å². The zero-order chi connectivity index (χ0) is 12.0. The molecule has 0 radical (unpaired) electrons. The summed E-state index contributed by atoms with van der Waals surface area (Å²) in [4.78, 5) is 12.6. The maximum atomic E-state index is 12.6. The molecule has 0 heterocycles. The van der Waals surface area contributed by atoms with Crippen molar-refractivity contribution in [1.82, 2.24) is 10.2 Å². The second-order valence-corrected chi connectivity index (χ2v) is 3.28. The fourth-order valence-corrected chi connectivity index (χ4v) is 1.12. The number of urea groups is 1. The minimum Gasteiger partial charge on any atom is -0.492 e. The molecule has 2 amide bonds. The Labute approximate surface area is 94.0 Å². The van der Waals surface area contributed by atoms with Crippen molar-refractivity contribution in [3.63, 3.8) is 0 Å². The van der Waals surface area contributed by atoms with Gasteiger partial charge >= 0.3 is 6.03 Å².